The molecule has 0 N–H and O–H groups in total. The highest BCUT2D eigenvalue weighted by Crippen LogP contribution is 2.50. The zero-order valence-corrected chi connectivity index (χ0v) is 14.7. The Bertz CT molecular complexity index is 653. The number of ether oxygens (including phenoxy) is 1. The van der Waals surface area contributed by atoms with Crippen LogP contribution in [0.25, 0.3) is 0 Å². The highest BCUT2D eigenvalue weighted by molar-refractivity contribution is 9.10. The maximum Gasteiger partial charge on any atom is 0.306 e. The zero-order valence-electron chi connectivity index (χ0n) is 11.6. The molecule has 0 spiro atoms. The number of hydrogen-bond donors (Lipinski definition) is 0. The highest BCUT2D eigenvalue weighted by atomic mass is 79.9. The van der Waals surface area contributed by atoms with Crippen LogP contribution >= 0.6 is 27.5 Å². The number of carbonyl (C=O) groups excluding carboxylic acids is 1. The van der Waals surface area contributed by atoms with E-state index in [1.807, 2.05) is 0 Å². The third-order valence-electron chi connectivity index (χ3n) is 3.62. The molecule has 1 saturated carbocycles. The molecule has 0 unspecified atom stereocenters. The molecule has 0 saturated heterocycles. The number of carbonyl (C=O) groups is 1. The molecule has 0 amide bonds. The van der Waals surface area contributed by atoms with Gasteiger partial charge in [-0.2, -0.15) is 0 Å². The summed E-state index contributed by atoms with van der Waals surface area (Å²) in [4.78, 5) is 11.4. The van der Waals surface area contributed by atoms with E-state index in [9.17, 15) is 13.2 Å². The van der Waals surface area contributed by atoms with Crippen LogP contribution in [0.15, 0.2) is 22.7 Å². The van der Waals surface area contributed by atoms with Gasteiger partial charge in [-0.05, 0) is 36.0 Å². The third kappa shape index (κ3) is 4.69. The van der Waals surface area contributed by atoms with Crippen molar-refractivity contribution < 1.29 is 17.9 Å². The third-order valence-corrected chi connectivity index (χ3v) is 6.27. The molecule has 7 heteroatoms. The van der Waals surface area contributed by atoms with Crippen molar-refractivity contribution in [3.8, 4) is 0 Å². The normalized spacial score (nSPS) is 16.5. The van der Waals surface area contributed by atoms with E-state index in [1.165, 1.54) is 7.11 Å². The fourth-order valence-corrected chi connectivity index (χ4v) is 5.29. The van der Waals surface area contributed by atoms with Gasteiger partial charge in [0.05, 0.1) is 25.0 Å². The Kier molecular flexibility index (Phi) is 5.00. The summed E-state index contributed by atoms with van der Waals surface area (Å²) >= 11 is 9.35. The Balaban J connectivity index is 2.07. The Labute approximate surface area is 137 Å². The second-order valence-electron chi connectivity index (χ2n) is 5.52. The molecule has 21 heavy (non-hydrogen) atoms. The molecule has 0 aliphatic heterocycles. The zero-order chi connectivity index (χ0) is 15.7. The molecule has 116 valence electrons. The molecular weight excluding hydrogens is 380 g/mol. The minimum absolute atomic E-state index is 0.00148. The Morgan fingerprint density at radius 3 is 2.62 bits per heavy atom. The molecule has 1 fully saturated rings. The summed E-state index contributed by atoms with van der Waals surface area (Å²) in [6, 6.07) is 5.13. The Hall–Kier alpha value is -0.590. The summed E-state index contributed by atoms with van der Waals surface area (Å²) in [6.45, 7) is 0. The van der Waals surface area contributed by atoms with Crippen LogP contribution in [0.5, 0.6) is 0 Å². The van der Waals surface area contributed by atoms with Crippen molar-refractivity contribution in [3.63, 3.8) is 0 Å². The first kappa shape index (κ1) is 16.8. The van der Waals surface area contributed by atoms with E-state index in [0.717, 1.165) is 17.3 Å². The van der Waals surface area contributed by atoms with Crippen LogP contribution in [0, 0.1) is 5.41 Å². The van der Waals surface area contributed by atoms with Crippen LogP contribution in [0.4, 0.5) is 0 Å². The molecule has 1 aromatic carbocycles. The second-order valence-corrected chi connectivity index (χ2v) is 8.91. The molecule has 2 rings (SSSR count). The maximum absolute atomic E-state index is 12.3. The fraction of sp³-hybridized carbons (Fsp3) is 0.500. The summed E-state index contributed by atoms with van der Waals surface area (Å²) < 4.78 is 30.1. The van der Waals surface area contributed by atoms with Crippen molar-refractivity contribution in [3.05, 3.63) is 33.3 Å². The lowest BCUT2D eigenvalue weighted by Gasteiger charge is -2.14. The van der Waals surface area contributed by atoms with Gasteiger partial charge in [-0.3, -0.25) is 4.79 Å². The van der Waals surface area contributed by atoms with Gasteiger partial charge in [0, 0.05) is 9.50 Å². The van der Waals surface area contributed by atoms with Crippen molar-refractivity contribution in [2.24, 2.45) is 5.41 Å². The molecule has 0 atom stereocenters. The largest absolute Gasteiger partial charge is 0.469 e. The number of halogens is 2. The van der Waals surface area contributed by atoms with Crippen LogP contribution in [0.2, 0.25) is 5.02 Å². The van der Waals surface area contributed by atoms with E-state index in [1.54, 1.807) is 18.2 Å². The molecule has 0 aromatic heterocycles. The van der Waals surface area contributed by atoms with Gasteiger partial charge in [0.1, 0.15) is 0 Å². The van der Waals surface area contributed by atoms with Crippen LogP contribution < -0.4 is 0 Å². The lowest BCUT2D eigenvalue weighted by Crippen LogP contribution is -2.22. The van der Waals surface area contributed by atoms with Crippen LogP contribution in [-0.4, -0.2) is 27.2 Å². The second kappa shape index (κ2) is 6.26. The van der Waals surface area contributed by atoms with Crippen LogP contribution in [0.3, 0.4) is 0 Å². The van der Waals surface area contributed by atoms with Crippen molar-refractivity contribution in [1.29, 1.82) is 0 Å². The fourth-order valence-electron chi connectivity index (χ4n) is 2.32. The van der Waals surface area contributed by atoms with Gasteiger partial charge in [0.25, 0.3) is 0 Å². The summed E-state index contributed by atoms with van der Waals surface area (Å²) in [7, 11) is -2.01. The molecule has 1 aliphatic rings. The van der Waals surface area contributed by atoms with Gasteiger partial charge < -0.3 is 4.74 Å². The molecule has 4 nitrogen and oxygen atoms in total. The molecule has 1 aromatic rings. The molecule has 0 bridgehead atoms. The first-order valence-electron chi connectivity index (χ1n) is 6.46. The standard InChI is InChI=1S/C14H16BrClO4S/c1-20-13(17)7-14(4-5-14)9-21(18,19)8-10-2-3-11(15)6-12(10)16/h2-3,6H,4-5,7-9H2,1H3. The SMILES string of the molecule is COC(=O)CC1(CS(=O)(=O)Cc2ccc(Br)cc2Cl)CC1. The number of esters is 1. The first-order valence-corrected chi connectivity index (χ1v) is 9.46. The molecule has 1 aliphatic carbocycles. The molecular formula is C14H16BrClO4S. The summed E-state index contributed by atoms with van der Waals surface area (Å²) in [5, 5.41) is 0.422. The number of hydrogen-bond acceptors (Lipinski definition) is 4. The van der Waals surface area contributed by atoms with E-state index in [-0.39, 0.29) is 23.9 Å². The predicted molar refractivity (Wildman–Crippen MR) is 84.9 cm³/mol. The average molecular weight is 396 g/mol. The minimum atomic E-state index is -3.33. The van der Waals surface area contributed by atoms with Gasteiger partial charge in [-0.1, -0.05) is 33.6 Å². The molecule has 0 heterocycles. The topological polar surface area (TPSA) is 60.4 Å². The summed E-state index contributed by atoms with van der Waals surface area (Å²) in [5.74, 6) is -0.465. The number of methoxy groups -OCH3 is 1. The summed E-state index contributed by atoms with van der Waals surface area (Å²) in [5.41, 5.74) is 0.141. The van der Waals surface area contributed by atoms with Crippen molar-refractivity contribution >= 4 is 43.3 Å². The smallest absolute Gasteiger partial charge is 0.306 e. The Morgan fingerprint density at radius 1 is 1.43 bits per heavy atom. The number of rotatable bonds is 6. The predicted octanol–water partition coefficient (Wildman–Crippen LogP) is 3.36. The van der Waals surface area contributed by atoms with Gasteiger partial charge in [0.15, 0.2) is 9.84 Å². The van der Waals surface area contributed by atoms with Crippen molar-refractivity contribution in [1.82, 2.24) is 0 Å². The Morgan fingerprint density at radius 2 is 2.10 bits per heavy atom. The van der Waals surface area contributed by atoms with E-state index in [0.29, 0.717) is 10.6 Å². The van der Waals surface area contributed by atoms with Crippen molar-refractivity contribution in [2.75, 3.05) is 12.9 Å². The van der Waals surface area contributed by atoms with E-state index in [4.69, 9.17) is 11.6 Å². The van der Waals surface area contributed by atoms with Gasteiger partial charge in [0.2, 0.25) is 0 Å². The molecule has 0 radical (unpaired) electrons. The first-order chi connectivity index (χ1) is 9.75. The lowest BCUT2D eigenvalue weighted by atomic mass is 10.1. The van der Waals surface area contributed by atoms with E-state index in [2.05, 4.69) is 20.7 Å². The van der Waals surface area contributed by atoms with Gasteiger partial charge in [-0.25, -0.2) is 8.42 Å². The number of benzene rings is 1. The van der Waals surface area contributed by atoms with Crippen LogP contribution in [-0.2, 0) is 25.1 Å². The monoisotopic (exact) mass is 394 g/mol. The quantitative estimate of drug-likeness (QED) is 0.693. The maximum atomic E-state index is 12.3. The summed E-state index contributed by atoms with van der Waals surface area (Å²) in [6.07, 6.45) is 1.65. The van der Waals surface area contributed by atoms with E-state index >= 15 is 0 Å². The van der Waals surface area contributed by atoms with Crippen LogP contribution in [0.1, 0.15) is 24.8 Å². The van der Waals surface area contributed by atoms with E-state index < -0.39 is 15.3 Å². The highest BCUT2D eigenvalue weighted by Gasteiger charge is 2.47. The van der Waals surface area contributed by atoms with Crippen molar-refractivity contribution in [2.45, 2.75) is 25.0 Å². The van der Waals surface area contributed by atoms with Gasteiger partial charge >= 0.3 is 5.97 Å². The minimum Gasteiger partial charge on any atom is -0.469 e. The lowest BCUT2D eigenvalue weighted by molar-refractivity contribution is -0.141. The van der Waals surface area contributed by atoms with Gasteiger partial charge in [-0.15, -0.1) is 0 Å². The average Bonchev–Trinajstić information content (AvgIpc) is 3.11. The number of sulfone groups is 1.